The molecular formula is C9H5Cl2F3. The second-order valence-electron chi connectivity index (χ2n) is 2.58. The molecule has 1 aromatic carbocycles. The largest absolute Gasteiger partial charge is 0.416 e. The van der Waals surface area contributed by atoms with E-state index in [1.54, 1.807) is 0 Å². The molecule has 14 heavy (non-hydrogen) atoms. The average Bonchev–Trinajstić information content (AvgIpc) is 2.07. The molecule has 0 saturated carbocycles. The van der Waals surface area contributed by atoms with Crippen molar-refractivity contribution < 1.29 is 13.2 Å². The minimum Gasteiger partial charge on any atom is -0.166 e. The van der Waals surface area contributed by atoms with Gasteiger partial charge in [0.25, 0.3) is 0 Å². The maximum absolute atomic E-state index is 12.2. The lowest BCUT2D eigenvalue weighted by molar-refractivity contribution is -0.0686. The SMILES string of the molecule is C=C(c1cccc(Cl)c1Cl)C(F)(F)F. The van der Waals surface area contributed by atoms with Crippen molar-refractivity contribution in [2.24, 2.45) is 0 Å². The number of hydrogen-bond donors (Lipinski definition) is 0. The number of alkyl halides is 3. The smallest absolute Gasteiger partial charge is 0.166 e. The molecule has 0 nitrogen and oxygen atoms in total. The molecule has 0 N–H and O–H groups in total. The van der Waals surface area contributed by atoms with Crippen LogP contribution in [-0.4, -0.2) is 6.18 Å². The molecule has 0 aliphatic heterocycles. The first-order valence-corrected chi connectivity index (χ1v) is 4.30. The topological polar surface area (TPSA) is 0 Å². The molecule has 1 rings (SSSR count). The lowest BCUT2D eigenvalue weighted by Crippen LogP contribution is -2.09. The Balaban J connectivity index is 3.21. The third-order valence-electron chi connectivity index (χ3n) is 1.62. The Morgan fingerprint density at radius 1 is 1.21 bits per heavy atom. The number of halogens is 5. The van der Waals surface area contributed by atoms with Crippen molar-refractivity contribution in [1.29, 1.82) is 0 Å². The Bertz CT molecular complexity index is 369. The van der Waals surface area contributed by atoms with Crippen LogP contribution in [0.4, 0.5) is 13.2 Å². The molecule has 0 aromatic heterocycles. The van der Waals surface area contributed by atoms with E-state index in [0.717, 1.165) is 0 Å². The van der Waals surface area contributed by atoms with Crippen LogP contribution in [0.5, 0.6) is 0 Å². The van der Waals surface area contributed by atoms with Crippen LogP contribution < -0.4 is 0 Å². The van der Waals surface area contributed by atoms with Gasteiger partial charge < -0.3 is 0 Å². The van der Waals surface area contributed by atoms with Crippen LogP contribution >= 0.6 is 23.2 Å². The van der Waals surface area contributed by atoms with Crippen molar-refractivity contribution in [3.63, 3.8) is 0 Å². The highest BCUT2D eigenvalue weighted by molar-refractivity contribution is 6.43. The summed E-state index contributed by atoms with van der Waals surface area (Å²) in [6.45, 7) is 2.93. The first-order valence-electron chi connectivity index (χ1n) is 3.54. The normalized spacial score (nSPS) is 11.5. The Morgan fingerprint density at radius 2 is 1.79 bits per heavy atom. The van der Waals surface area contributed by atoms with Gasteiger partial charge >= 0.3 is 6.18 Å². The maximum atomic E-state index is 12.2. The van der Waals surface area contributed by atoms with Gasteiger partial charge in [0, 0.05) is 5.56 Å². The van der Waals surface area contributed by atoms with Gasteiger partial charge in [-0.15, -0.1) is 0 Å². The van der Waals surface area contributed by atoms with Crippen molar-refractivity contribution in [2.45, 2.75) is 6.18 Å². The summed E-state index contributed by atoms with van der Waals surface area (Å²) in [6.07, 6.45) is -4.49. The first-order chi connectivity index (χ1) is 6.34. The summed E-state index contributed by atoms with van der Waals surface area (Å²) in [4.78, 5) is 0. The maximum Gasteiger partial charge on any atom is 0.416 e. The van der Waals surface area contributed by atoms with Crippen LogP contribution in [0, 0.1) is 0 Å². The predicted molar refractivity (Wildman–Crippen MR) is 51.6 cm³/mol. The zero-order valence-electron chi connectivity index (χ0n) is 6.83. The van der Waals surface area contributed by atoms with Gasteiger partial charge in [-0.2, -0.15) is 13.2 Å². The number of rotatable bonds is 1. The van der Waals surface area contributed by atoms with Gasteiger partial charge in [0.1, 0.15) is 0 Å². The van der Waals surface area contributed by atoms with Crippen molar-refractivity contribution in [3.8, 4) is 0 Å². The van der Waals surface area contributed by atoms with Gasteiger partial charge in [0.15, 0.2) is 0 Å². The average molecular weight is 241 g/mol. The minimum absolute atomic E-state index is 0.0783. The predicted octanol–water partition coefficient (Wildman–Crippen LogP) is 4.57. The molecule has 0 saturated heterocycles. The van der Waals surface area contributed by atoms with Gasteiger partial charge in [0.05, 0.1) is 15.6 Å². The van der Waals surface area contributed by atoms with Gasteiger partial charge in [-0.25, -0.2) is 0 Å². The van der Waals surface area contributed by atoms with Crippen molar-refractivity contribution in [3.05, 3.63) is 40.4 Å². The zero-order chi connectivity index (χ0) is 10.9. The van der Waals surface area contributed by atoms with E-state index in [1.807, 2.05) is 0 Å². The highest BCUT2D eigenvalue weighted by Crippen LogP contribution is 2.38. The van der Waals surface area contributed by atoms with E-state index >= 15 is 0 Å². The molecule has 0 bridgehead atoms. The molecular weight excluding hydrogens is 236 g/mol. The number of benzene rings is 1. The molecule has 0 amide bonds. The van der Waals surface area contributed by atoms with Crippen LogP contribution in [0.25, 0.3) is 5.57 Å². The van der Waals surface area contributed by atoms with Gasteiger partial charge in [-0.3, -0.25) is 0 Å². The molecule has 0 spiro atoms. The summed E-state index contributed by atoms with van der Waals surface area (Å²) in [5.41, 5.74) is -1.18. The standard InChI is InChI=1S/C9H5Cl2F3/c1-5(9(12,13)14)6-3-2-4-7(10)8(6)11/h2-4H,1H2. The molecule has 5 heteroatoms. The van der Waals surface area contributed by atoms with E-state index in [4.69, 9.17) is 23.2 Å². The van der Waals surface area contributed by atoms with Gasteiger partial charge in [-0.05, 0) is 6.07 Å². The quantitative estimate of drug-likeness (QED) is 0.675. The fourth-order valence-corrected chi connectivity index (χ4v) is 1.30. The molecule has 0 unspecified atom stereocenters. The monoisotopic (exact) mass is 240 g/mol. The van der Waals surface area contributed by atoms with E-state index in [0.29, 0.717) is 0 Å². The molecule has 0 aliphatic carbocycles. The van der Waals surface area contributed by atoms with Crippen LogP contribution in [0.3, 0.4) is 0 Å². The number of hydrogen-bond acceptors (Lipinski definition) is 0. The lowest BCUT2D eigenvalue weighted by Gasteiger charge is -2.11. The summed E-state index contributed by atoms with van der Waals surface area (Å²) in [6, 6.07) is 4.03. The third kappa shape index (κ3) is 2.22. The van der Waals surface area contributed by atoms with Gasteiger partial charge in [0.2, 0.25) is 0 Å². The Labute approximate surface area is 88.9 Å². The summed E-state index contributed by atoms with van der Waals surface area (Å²) < 4.78 is 36.7. The molecule has 1 aromatic rings. The van der Waals surface area contributed by atoms with E-state index in [9.17, 15) is 13.2 Å². The summed E-state index contributed by atoms with van der Waals surface area (Å²) >= 11 is 11.2. The summed E-state index contributed by atoms with van der Waals surface area (Å²) in [7, 11) is 0. The lowest BCUT2D eigenvalue weighted by atomic mass is 10.1. The van der Waals surface area contributed by atoms with Crippen molar-refractivity contribution in [2.75, 3.05) is 0 Å². The fraction of sp³-hybridized carbons (Fsp3) is 0.111. The van der Waals surface area contributed by atoms with Crippen LogP contribution in [0.15, 0.2) is 24.8 Å². The molecule has 0 fully saturated rings. The molecule has 0 heterocycles. The third-order valence-corrected chi connectivity index (χ3v) is 2.44. The van der Waals surface area contributed by atoms with Crippen LogP contribution in [-0.2, 0) is 0 Å². The summed E-state index contributed by atoms with van der Waals surface area (Å²) in [5.74, 6) is 0. The highest BCUT2D eigenvalue weighted by atomic mass is 35.5. The molecule has 0 atom stereocenters. The number of allylic oxidation sites excluding steroid dienone is 1. The van der Waals surface area contributed by atoms with Crippen LogP contribution in [0.1, 0.15) is 5.56 Å². The van der Waals surface area contributed by atoms with Crippen LogP contribution in [0.2, 0.25) is 10.0 Å². The Hall–Kier alpha value is -0.670. The van der Waals surface area contributed by atoms with Gasteiger partial charge in [-0.1, -0.05) is 41.9 Å². The van der Waals surface area contributed by atoms with E-state index in [2.05, 4.69) is 6.58 Å². The minimum atomic E-state index is -4.49. The van der Waals surface area contributed by atoms with E-state index < -0.39 is 11.7 Å². The first kappa shape index (κ1) is 11.4. The highest BCUT2D eigenvalue weighted by Gasteiger charge is 2.34. The Morgan fingerprint density at radius 3 is 2.29 bits per heavy atom. The van der Waals surface area contributed by atoms with E-state index in [1.165, 1.54) is 18.2 Å². The van der Waals surface area contributed by atoms with Crippen molar-refractivity contribution >= 4 is 28.8 Å². The zero-order valence-corrected chi connectivity index (χ0v) is 8.34. The molecule has 0 aliphatic rings. The van der Waals surface area contributed by atoms with Crippen molar-refractivity contribution in [1.82, 2.24) is 0 Å². The second kappa shape index (κ2) is 3.83. The Kier molecular flexibility index (Phi) is 3.12. The molecule has 76 valence electrons. The summed E-state index contributed by atoms with van der Waals surface area (Å²) in [5, 5.41) is -0.0499. The molecule has 0 radical (unpaired) electrons. The second-order valence-corrected chi connectivity index (χ2v) is 3.36. The fourth-order valence-electron chi connectivity index (χ4n) is 0.890. The van der Waals surface area contributed by atoms with E-state index in [-0.39, 0.29) is 15.6 Å².